The van der Waals surface area contributed by atoms with Gasteiger partial charge in [-0.05, 0) is 6.42 Å². The van der Waals surface area contributed by atoms with E-state index in [1.165, 1.54) is 0 Å². The summed E-state index contributed by atoms with van der Waals surface area (Å²) in [4.78, 5) is 23.0. The molecule has 3 atom stereocenters. The van der Waals surface area contributed by atoms with E-state index in [1.54, 1.807) is 0 Å². The van der Waals surface area contributed by atoms with Crippen LogP contribution in [0.1, 0.15) is 13.3 Å². The van der Waals surface area contributed by atoms with Crippen LogP contribution in [0.5, 0.6) is 0 Å². The van der Waals surface area contributed by atoms with Crippen molar-refractivity contribution in [3.05, 3.63) is 11.1 Å². The van der Waals surface area contributed by atoms with Gasteiger partial charge in [0.25, 0.3) is 0 Å². The number of cyclic esters (lactones) is 2. The van der Waals surface area contributed by atoms with Crippen LogP contribution in [-0.4, -0.2) is 21.6 Å². The van der Waals surface area contributed by atoms with Gasteiger partial charge in [0, 0.05) is 21.1 Å². The van der Waals surface area contributed by atoms with Gasteiger partial charge in [0.05, 0.1) is 5.57 Å². The van der Waals surface area contributed by atoms with Crippen LogP contribution in [-0.2, 0) is 14.3 Å². The first kappa shape index (κ1) is 10.4. The molecule has 0 bridgehead atoms. The van der Waals surface area contributed by atoms with Crippen molar-refractivity contribution in [2.24, 2.45) is 5.92 Å². The molecule has 0 radical (unpaired) electrons. The molecule has 0 N–H and O–H groups in total. The third kappa shape index (κ3) is 1.37. The van der Waals surface area contributed by atoms with Gasteiger partial charge in [0.1, 0.15) is 0 Å². The normalized spacial score (nSPS) is 37.2. The summed E-state index contributed by atoms with van der Waals surface area (Å²) in [5.74, 6) is -0.927. The Labute approximate surface area is 98.1 Å². The number of esters is 2. The molecule has 0 fully saturated rings. The van der Waals surface area contributed by atoms with Crippen LogP contribution in [0.25, 0.3) is 0 Å². The third-order valence-electron chi connectivity index (χ3n) is 2.65. The van der Waals surface area contributed by atoms with Crippen molar-refractivity contribution in [3.8, 4) is 0 Å². The highest BCUT2D eigenvalue weighted by atomic mass is 79.9. The van der Waals surface area contributed by atoms with Gasteiger partial charge in [0.15, 0.2) is 0 Å². The number of hydrogen-bond donors (Lipinski definition) is 0. The summed E-state index contributed by atoms with van der Waals surface area (Å²) in [5.41, 5.74) is 1.09. The van der Waals surface area contributed by atoms with Crippen molar-refractivity contribution < 1.29 is 14.3 Å². The zero-order chi connectivity index (χ0) is 10.5. The zero-order valence-corrected chi connectivity index (χ0v) is 10.6. The Hall–Kier alpha value is -0.160. The molecule has 2 aliphatic rings. The van der Waals surface area contributed by atoms with Gasteiger partial charge in [-0.3, -0.25) is 0 Å². The molecule has 1 aliphatic heterocycles. The minimum atomic E-state index is -0.472. The molecule has 5 heteroatoms. The summed E-state index contributed by atoms with van der Waals surface area (Å²) in [6.45, 7) is 1.92. The fourth-order valence-corrected chi connectivity index (χ4v) is 3.10. The van der Waals surface area contributed by atoms with Crippen molar-refractivity contribution in [1.82, 2.24) is 0 Å². The van der Waals surface area contributed by atoms with Crippen LogP contribution in [0.15, 0.2) is 11.1 Å². The van der Waals surface area contributed by atoms with Crippen LogP contribution in [0.3, 0.4) is 0 Å². The summed E-state index contributed by atoms with van der Waals surface area (Å²) in [5, 5.41) is 0. The predicted molar refractivity (Wildman–Crippen MR) is 57.3 cm³/mol. The fraction of sp³-hybridized carbons (Fsp3) is 0.556. The number of halogens is 2. The van der Waals surface area contributed by atoms with E-state index in [4.69, 9.17) is 0 Å². The Balaban J connectivity index is 2.45. The average molecular weight is 324 g/mol. The second kappa shape index (κ2) is 3.45. The third-order valence-corrected chi connectivity index (χ3v) is 5.69. The van der Waals surface area contributed by atoms with Gasteiger partial charge in [-0.15, -0.1) is 0 Å². The molecule has 14 heavy (non-hydrogen) atoms. The Morgan fingerprint density at radius 1 is 1.29 bits per heavy atom. The van der Waals surface area contributed by atoms with E-state index in [1.807, 2.05) is 6.92 Å². The van der Waals surface area contributed by atoms with Gasteiger partial charge >= 0.3 is 11.9 Å². The zero-order valence-electron chi connectivity index (χ0n) is 7.42. The number of hydrogen-bond acceptors (Lipinski definition) is 3. The smallest absolute Gasteiger partial charge is 0.342 e. The van der Waals surface area contributed by atoms with Crippen LogP contribution in [0.4, 0.5) is 0 Å². The number of carbonyl (C=O) groups is 2. The van der Waals surface area contributed by atoms with E-state index >= 15 is 0 Å². The Morgan fingerprint density at radius 3 is 2.57 bits per heavy atom. The Bertz CT molecular complexity index is 348. The lowest BCUT2D eigenvalue weighted by Crippen LogP contribution is -2.30. The lowest BCUT2D eigenvalue weighted by molar-refractivity contribution is -0.151. The highest BCUT2D eigenvalue weighted by molar-refractivity contribution is 9.12. The fourth-order valence-electron chi connectivity index (χ4n) is 1.87. The molecule has 3 unspecified atom stereocenters. The summed E-state index contributed by atoms with van der Waals surface area (Å²) in [6.07, 6.45) is 0.556. The van der Waals surface area contributed by atoms with E-state index in [2.05, 4.69) is 36.6 Å². The van der Waals surface area contributed by atoms with E-state index in [0.29, 0.717) is 17.6 Å². The standard InChI is InChI=1S/C9H8Br2O3/c1-3-6-4(2-5(10)7(3)11)8(12)14-9(6)13/h3,5,7H,2H2,1H3. The van der Waals surface area contributed by atoms with Gasteiger partial charge < -0.3 is 4.74 Å². The van der Waals surface area contributed by atoms with Crippen LogP contribution >= 0.6 is 31.9 Å². The van der Waals surface area contributed by atoms with E-state index in [-0.39, 0.29) is 15.6 Å². The molecule has 0 saturated heterocycles. The number of ether oxygens (including phenoxy) is 1. The van der Waals surface area contributed by atoms with Crippen molar-refractivity contribution in [2.45, 2.75) is 23.0 Å². The summed E-state index contributed by atoms with van der Waals surface area (Å²) < 4.78 is 4.58. The second-order valence-corrected chi connectivity index (χ2v) is 5.76. The SMILES string of the molecule is CC1C2=C(CC(Br)C1Br)C(=O)OC2=O. The molecule has 1 aliphatic carbocycles. The molecule has 0 saturated carbocycles. The van der Waals surface area contributed by atoms with Crippen LogP contribution in [0, 0.1) is 5.92 Å². The maximum atomic E-state index is 11.3. The first-order chi connectivity index (χ1) is 6.52. The molecule has 0 amide bonds. The van der Waals surface area contributed by atoms with Crippen molar-refractivity contribution in [1.29, 1.82) is 0 Å². The molecule has 1 heterocycles. The quantitative estimate of drug-likeness (QED) is 0.389. The van der Waals surface area contributed by atoms with E-state index in [9.17, 15) is 9.59 Å². The largest absolute Gasteiger partial charge is 0.386 e. The summed E-state index contributed by atoms with van der Waals surface area (Å²) in [7, 11) is 0. The van der Waals surface area contributed by atoms with E-state index in [0.717, 1.165) is 0 Å². The van der Waals surface area contributed by atoms with Gasteiger partial charge in [0.2, 0.25) is 0 Å². The lowest BCUT2D eigenvalue weighted by Gasteiger charge is -2.27. The molecule has 0 aromatic heterocycles. The van der Waals surface area contributed by atoms with Crippen molar-refractivity contribution in [3.63, 3.8) is 0 Å². The predicted octanol–water partition coefficient (Wildman–Crippen LogP) is 1.93. The first-order valence-electron chi connectivity index (χ1n) is 4.30. The lowest BCUT2D eigenvalue weighted by atomic mass is 9.85. The molecule has 0 aromatic carbocycles. The Kier molecular flexibility index (Phi) is 2.55. The topological polar surface area (TPSA) is 43.4 Å². The summed E-state index contributed by atoms with van der Waals surface area (Å²) in [6, 6.07) is 0. The molecular formula is C9H8Br2O3. The number of rotatable bonds is 0. The maximum Gasteiger partial charge on any atom is 0.342 e. The minimum absolute atomic E-state index is 0.0158. The van der Waals surface area contributed by atoms with Crippen LogP contribution in [0.2, 0.25) is 0 Å². The molecule has 0 spiro atoms. The highest BCUT2D eigenvalue weighted by Crippen LogP contribution is 2.41. The van der Waals surface area contributed by atoms with Gasteiger partial charge in [-0.25, -0.2) is 9.59 Å². The summed E-state index contributed by atoms with van der Waals surface area (Å²) >= 11 is 6.98. The average Bonchev–Trinajstić information content (AvgIpc) is 2.38. The van der Waals surface area contributed by atoms with Crippen molar-refractivity contribution in [2.75, 3.05) is 0 Å². The molecule has 76 valence electrons. The molecule has 3 nitrogen and oxygen atoms in total. The molecule has 0 aromatic rings. The van der Waals surface area contributed by atoms with Gasteiger partial charge in [-0.2, -0.15) is 0 Å². The number of carbonyl (C=O) groups excluding carboxylic acids is 2. The second-order valence-electron chi connectivity index (χ2n) is 3.52. The number of alkyl halides is 2. The van der Waals surface area contributed by atoms with E-state index < -0.39 is 11.9 Å². The van der Waals surface area contributed by atoms with Gasteiger partial charge in [-0.1, -0.05) is 38.8 Å². The first-order valence-corrected chi connectivity index (χ1v) is 6.13. The monoisotopic (exact) mass is 322 g/mol. The minimum Gasteiger partial charge on any atom is -0.386 e. The van der Waals surface area contributed by atoms with Crippen molar-refractivity contribution >= 4 is 43.8 Å². The maximum absolute atomic E-state index is 11.3. The molecular weight excluding hydrogens is 316 g/mol. The molecule has 2 rings (SSSR count). The van der Waals surface area contributed by atoms with Crippen LogP contribution < -0.4 is 0 Å². The Morgan fingerprint density at radius 2 is 1.93 bits per heavy atom. The highest BCUT2D eigenvalue weighted by Gasteiger charge is 2.44.